The Morgan fingerprint density at radius 1 is 1.05 bits per heavy atom. The minimum absolute atomic E-state index is 0.272. The molecule has 1 aliphatic carbocycles. The number of aromatic amines is 2. The van der Waals surface area contributed by atoms with Crippen molar-refractivity contribution in [3.63, 3.8) is 0 Å². The Labute approximate surface area is 110 Å². The monoisotopic (exact) mass is 256 g/mol. The molecular formula is C15H16N2O2. The van der Waals surface area contributed by atoms with E-state index in [1.807, 2.05) is 6.07 Å². The number of hydrogen-bond acceptors (Lipinski definition) is 2. The molecule has 1 aliphatic rings. The van der Waals surface area contributed by atoms with Gasteiger partial charge in [0.05, 0.1) is 0 Å². The zero-order valence-electron chi connectivity index (χ0n) is 10.6. The molecule has 0 bridgehead atoms. The van der Waals surface area contributed by atoms with Gasteiger partial charge in [0.25, 0.3) is 0 Å². The number of aryl methyl sites for hydroxylation is 1. The molecule has 1 fully saturated rings. The molecule has 0 amide bonds. The third kappa shape index (κ3) is 2.38. The zero-order valence-corrected chi connectivity index (χ0v) is 10.6. The van der Waals surface area contributed by atoms with Crippen molar-refractivity contribution in [2.24, 2.45) is 0 Å². The van der Waals surface area contributed by atoms with Crippen molar-refractivity contribution in [2.75, 3.05) is 0 Å². The number of rotatable bonds is 4. The molecule has 19 heavy (non-hydrogen) atoms. The topological polar surface area (TPSA) is 65.7 Å². The summed E-state index contributed by atoms with van der Waals surface area (Å²) in [6, 6.07) is 11.9. The van der Waals surface area contributed by atoms with E-state index in [2.05, 4.69) is 34.5 Å². The van der Waals surface area contributed by atoms with Gasteiger partial charge in [0.2, 0.25) is 5.43 Å². The van der Waals surface area contributed by atoms with E-state index in [1.165, 1.54) is 24.5 Å². The van der Waals surface area contributed by atoms with Crippen molar-refractivity contribution >= 4 is 0 Å². The molecule has 0 radical (unpaired) electrons. The minimum atomic E-state index is -0.590. The van der Waals surface area contributed by atoms with E-state index in [1.54, 1.807) is 0 Å². The molecule has 4 heteroatoms. The number of H-pyrrole nitrogens is 2. The Hall–Kier alpha value is -2.10. The van der Waals surface area contributed by atoms with Gasteiger partial charge in [-0.3, -0.25) is 14.7 Å². The van der Waals surface area contributed by atoms with Crippen LogP contribution in [0.15, 0.2) is 46.0 Å². The lowest BCUT2D eigenvalue weighted by atomic mass is 9.90. The zero-order chi connectivity index (χ0) is 13.3. The highest BCUT2D eigenvalue weighted by Crippen LogP contribution is 2.51. The number of nitrogens with one attached hydrogen (secondary N) is 2. The highest BCUT2D eigenvalue weighted by atomic mass is 16.2. The Morgan fingerprint density at radius 3 is 2.42 bits per heavy atom. The maximum Gasteiger partial charge on any atom is 0.310 e. The van der Waals surface area contributed by atoms with Crippen LogP contribution in [0.5, 0.6) is 0 Å². The SMILES string of the molecule is O=c1cc(CCC2(c3ccccc3)CC2)[nH][nH]c1=O. The van der Waals surface area contributed by atoms with Gasteiger partial charge in [0.15, 0.2) is 0 Å². The van der Waals surface area contributed by atoms with E-state index < -0.39 is 11.0 Å². The lowest BCUT2D eigenvalue weighted by Crippen LogP contribution is -2.28. The van der Waals surface area contributed by atoms with Gasteiger partial charge in [-0.05, 0) is 36.7 Å². The molecule has 1 saturated carbocycles. The molecule has 0 spiro atoms. The van der Waals surface area contributed by atoms with E-state index >= 15 is 0 Å². The van der Waals surface area contributed by atoms with E-state index in [0.717, 1.165) is 18.5 Å². The van der Waals surface area contributed by atoms with Crippen LogP contribution in [0, 0.1) is 0 Å². The molecule has 4 nitrogen and oxygen atoms in total. The predicted molar refractivity (Wildman–Crippen MR) is 73.4 cm³/mol. The molecule has 1 heterocycles. The van der Waals surface area contributed by atoms with Gasteiger partial charge in [-0.25, -0.2) is 0 Å². The summed E-state index contributed by atoms with van der Waals surface area (Å²) in [6.45, 7) is 0. The van der Waals surface area contributed by atoms with Gasteiger partial charge in [-0.15, -0.1) is 0 Å². The van der Waals surface area contributed by atoms with Gasteiger partial charge >= 0.3 is 5.56 Å². The summed E-state index contributed by atoms with van der Waals surface area (Å²) < 4.78 is 0. The minimum Gasteiger partial charge on any atom is -0.302 e. The van der Waals surface area contributed by atoms with Gasteiger partial charge in [0, 0.05) is 11.8 Å². The Morgan fingerprint density at radius 2 is 1.79 bits per heavy atom. The summed E-state index contributed by atoms with van der Waals surface area (Å²) >= 11 is 0. The molecular weight excluding hydrogens is 240 g/mol. The average molecular weight is 256 g/mol. The summed E-state index contributed by atoms with van der Waals surface area (Å²) in [4.78, 5) is 22.3. The van der Waals surface area contributed by atoms with Crippen molar-refractivity contribution in [1.29, 1.82) is 0 Å². The predicted octanol–water partition coefficient (Wildman–Crippen LogP) is 1.73. The van der Waals surface area contributed by atoms with Crippen LogP contribution in [0.2, 0.25) is 0 Å². The summed E-state index contributed by atoms with van der Waals surface area (Å²) in [5, 5.41) is 5.16. The first-order chi connectivity index (χ1) is 9.20. The van der Waals surface area contributed by atoms with Gasteiger partial charge in [0.1, 0.15) is 0 Å². The molecule has 0 unspecified atom stereocenters. The second-order valence-corrected chi connectivity index (χ2v) is 5.26. The molecule has 1 aromatic carbocycles. The lowest BCUT2D eigenvalue weighted by Gasteiger charge is -2.15. The second kappa shape index (κ2) is 4.53. The maximum atomic E-state index is 11.3. The van der Waals surface area contributed by atoms with Crippen LogP contribution in [-0.2, 0) is 11.8 Å². The van der Waals surface area contributed by atoms with Crippen LogP contribution in [0.4, 0.5) is 0 Å². The second-order valence-electron chi connectivity index (χ2n) is 5.26. The summed E-state index contributed by atoms with van der Waals surface area (Å²) in [7, 11) is 0. The maximum absolute atomic E-state index is 11.3. The molecule has 3 rings (SSSR count). The Balaban J connectivity index is 1.74. The third-order valence-corrected chi connectivity index (χ3v) is 3.98. The summed E-state index contributed by atoms with van der Waals surface area (Å²) in [6.07, 6.45) is 4.18. The third-order valence-electron chi connectivity index (χ3n) is 3.98. The first-order valence-corrected chi connectivity index (χ1v) is 6.56. The van der Waals surface area contributed by atoms with E-state index in [4.69, 9.17) is 0 Å². The Bertz CT molecular complexity index is 681. The van der Waals surface area contributed by atoms with Crippen molar-refractivity contribution in [1.82, 2.24) is 10.2 Å². The standard InChI is InChI=1S/C15H16N2O2/c18-13-10-12(16-17-14(13)19)6-7-15(8-9-15)11-4-2-1-3-5-11/h1-5,10H,6-9H2,(H,16,18)(H,17,19). The Kier molecular flexibility index (Phi) is 2.85. The summed E-state index contributed by atoms with van der Waals surface area (Å²) in [5.41, 5.74) is 1.38. The normalized spacial score (nSPS) is 16.2. The van der Waals surface area contributed by atoms with E-state index in [0.29, 0.717) is 0 Å². The molecule has 0 aliphatic heterocycles. The van der Waals surface area contributed by atoms with Crippen LogP contribution in [0.1, 0.15) is 30.5 Å². The van der Waals surface area contributed by atoms with E-state index in [-0.39, 0.29) is 5.41 Å². The van der Waals surface area contributed by atoms with Crippen LogP contribution >= 0.6 is 0 Å². The first-order valence-electron chi connectivity index (χ1n) is 6.56. The highest BCUT2D eigenvalue weighted by Gasteiger charge is 2.43. The van der Waals surface area contributed by atoms with Crippen LogP contribution < -0.4 is 11.0 Å². The largest absolute Gasteiger partial charge is 0.310 e. The molecule has 2 aromatic rings. The van der Waals surface area contributed by atoms with E-state index in [9.17, 15) is 9.59 Å². The fourth-order valence-corrected chi connectivity index (χ4v) is 2.59. The quantitative estimate of drug-likeness (QED) is 0.818. The number of hydrogen-bond donors (Lipinski definition) is 2. The smallest absolute Gasteiger partial charge is 0.302 e. The number of aromatic nitrogens is 2. The van der Waals surface area contributed by atoms with Crippen molar-refractivity contribution in [3.05, 3.63) is 68.2 Å². The fourth-order valence-electron chi connectivity index (χ4n) is 2.59. The highest BCUT2D eigenvalue weighted by molar-refractivity contribution is 5.31. The average Bonchev–Trinajstić information content (AvgIpc) is 3.22. The van der Waals surface area contributed by atoms with Crippen LogP contribution in [-0.4, -0.2) is 10.2 Å². The molecule has 0 saturated heterocycles. The summed E-state index contributed by atoms with van der Waals surface area (Å²) in [5.74, 6) is 0. The van der Waals surface area contributed by atoms with Gasteiger partial charge in [-0.1, -0.05) is 30.3 Å². The van der Waals surface area contributed by atoms with Crippen molar-refractivity contribution in [2.45, 2.75) is 31.1 Å². The number of benzene rings is 1. The van der Waals surface area contributed by atoms with Crippen LogP contribution in [0.25, 0.3) is 0 Å². The van der Waals surface area contributed by atoms with Crippen LogP contribution in [0.3, 0.4) is 0 Å². The fraction of sp³-hybridized carbons (Fsp3) is 0.333. The van der Waals surface area contributed by atoms with Gasteiger partial charge < -0.3 is 5.10 Å². The molecule has 0 atom stereocenters. The van der Waals surface area contributed by atoms with Gasteiger partial charge in [-0.2, -0.15) is 0 Å². The molecule has 2 N–H and O–H groups in total. The lowest BCUT2D eigenvalue weighted by molar-refractivity contribution is 0.607. The van der Waals surface area contributed by atoms with Crippen molar-refractivity contribution in [3.8, 4) is 0 Å². The first kappa shape index (κ1) is 12.0. The molecule has 1 aromatic heterocycles. The molecule has 98 valence electrons. The van der Waals surface area contributed by atoms with Crippen molar-refractivity contribution < 1.29 is 0 Å².